The first-order valence-corrected chi connectivity index (χ1v) is 8.71. The summed E-state index contributed by atoms with van der Waals surface area (Å²) >= 11 is 0. The van der Waals surface area contributed by atoms with E-state index in [1.807, 2.05) is 24.3 Å². The SMILES string of the molecule is C=CCCCCCCC[C@@H](CO)[C@H](O)CCc1ccccc1. The Morgan fingerprint density at radius 2 is 1.64 bits per heavy atom. The number of aliphatic hydroxyl groups excluding tert-OH is 2. The number of aliphatic hydroxyl groups is 2. The predicted octanol–water partition coefficient (Wildman–Crippen LogP) is 4.51. The number of allylic oxidation sites excluding steroid dienone is 1. The van der Waals surface area contributed by atoms with Gasteiger partial charge in [-0.1, -0.05) is 62.1 Å². The number of unbranched alkanes of at least 4 members (excludes halogenated alkanes) is 5. The number of aryl methyl sites for hydroxylation is 1. The second-order valence-corrected chi connectivity index (χ2v) is 6.17. The van der Waals surface area contributed by atoms with Crippen molar-refractivity contribution in [1.82, 2.24) is 0 Å². The minimum absolute atomic E-state index is 0.0249. The van der Waals surface area contributed by atoms with Crippen molar-refractivity contribution in [3.8, 4) is 0 Å². The average Bonchev–Trinajstić information content (AvgIpc) is 2.56. The van der Waals surface area contributed by atoms with E-state index in [-0.39, 0.29) is 12.5 Å². The van der Waals surface area contributed by atoms with E-state index in [2.05, 4.69) is 18.7 Å². The van der Waals surface area contributed by atoms with Crippen molar-refractivity contribution in [2.45, 2.75) is 63.9 Å². The fourth-order valence-electron chi connectivity index (χ4n) is 2.83. The summed E-state index contributed by atoms with van der Waals surface area (Å²) in [6.07, 6.45) is 11.2. The largest absolute Gasteiger partial charge is 0.396 e. The molecule has 0 saturated carbocycles. The normalized spacial score (nSPS) is 13.7. The minimum Gasteiger partial charge on any atom is -0.396 e. The molecule has 2 nitrogen and oxygen atoms in total. The van der Waals surface area contributed by atoms with E-state index in [9.17, 15) is 10.2 Å². The molecule has 124 valence electrons. The van der Waals surface area contributed by atoms with Crippen LogP contribution in [0.5, 0.6) is 0 Å². The third-order valence-corrected chi connectivity index (χ3v) is 4.33. The van der Waals surface area contributed by atoms with Gasteiger partial charge < -0.3 is 10.2 Å². The summed E-state index contributed by atoms with van der Waals surface area (Å²) in [5, 5.41) is 19.8. The van der Waals surface area contributed by atoms with Crippen LogP contribution in [0, 0.1) is 5.92 Å². The molecule has 0 fully saturated rings. The minimum atomic E-state index is -0.397. The Bertz CT molecular complexity index is 375. The Morgan fingerprint density at radius 3 is 2.32 bits per heavy atom. The third kappa shape index (κ3) is 8.35. The topological polar surface area (TPSA) is 40.5 Å². The lowest BCUT2D eigenvalue weighted by Gasteiger charge is -2.21. The zero-order valence-corrected chi connectivity index (χ0v) is 13.8. The first-order chi connectivity index (χ1) is 10.8. The van der Waals surface area contributed by atoms with Gasteiger partial charge >= 0.3 is 0 Å². The second kappa shape index (κ2) is 12.4. The molecular formula is C20H32O2. The maximum atomic E-state index is 10.3. The summed E-state index contributed by atoms with van der Waals surface area (Å²) in [6.45, 7) is 3.82. The van der Waals surface area contributed by atoms with Gasteiger partial charge in [-0.25, -0.2) is 0 Å². The summed E-state index contributed by atoms with van der Waals surface area (Å²) in [5.41, 5.74) is 1.25. The van der Waals surface area contributed by atoms with Crippen LogP contribution in [0.1, 0.15) is 56.9 Å². The molecule has 0 spiro atoms. The van der Waals surface area contributed by atoms with Gasteiger partial charge in [0.15, 0.2) is 0 Å². The van der Waals surface area contributed by atoms with Crippen molar-refractivity contribution in [1.29, 1.82) is 0 Å². The Labute approximate surface area is 135 Å². The number of benzene rings is 1. The Kier molecular flexibility index (Phi) is 10.7. The molecule has 1 aromatic rings. The van der Waals surface area contributed by atoms with Gasteiger partial charge in [0.2, 0.25) is 0 Å². The van der Waals surface area contributed by atoms with E-state index in [0.717, 1.165) is 32.1 Å². The predicted molar refractivity (Wildman–Crippen MR) is 93.9 cm³/mol. The van der Waals surface area contributed by atoms with Crippen LogP contribution in [0.4, 0.5) is 0 Å². The molecule has 2 atom stereocenters. The highest BCUT2D eigenvalue weighted by molar-refractivity contribution is 5.14. The molecule has 0 unspecified atom stereocenters. The number of rotatable bonds is 13. The van der Waals surface area contributed by atoms with Crippen molar-refractivity contribution in [3.63, 3.8) is 0 Å². The smallest absolute Gasteiger partial charge is 0.0593 e. The van der Waals surface area contributed by atoms with Crippen LogP contribution in [-0.2, 0) is 6.42 Å². The monoisotopic (exact) mass is 304 g/mol. The molecule has 0 aromatic heterocycles. The molecule has 0 aliphatic rings. The molecule has 2 N–H and O–H groups in total. The molecule has 1 aromatic carbocycles. The standard InChI is InChI=1S/C20H32O2/c1-2-3-4-5-6-7-11-14-19(17-21)20(22)16-15-18-12-9-8-10-13-18/h2,8-10,12-13,19-22H,1,3-7,11,14-17H2/t19-,20+/m0/s1. The van der Waals surface area contributed by atoms with Crippen LogP contribution in [0.15, 0.2) is 43.0 Å². The van der Waals surface area contributed by atoms with Gasteiger partial charge in [-0.2, -0.15) is 0 Å². The van der Waals surface area contributed by atoms with E-state index in [4.69, 9.17) is 0 Å². The first-order valence-electron chi connectivity index (χ1n) is 8.71. The molecule has 0 saturated heterocycles. The maximum Gasteiger partial charge on any atom is 0.0593 e. The van der Waals surface area contributed by atoms with Gasteiger partial charge in [-0.3, -0.25) is 0 Å². The summed E-state index contributed by atoms with van der Waals surface area (Å²) in [7, 11) is 0. The third-order valence-electron chi connectivity index (χ3n) is 4.33. The van der Waals surface area contributed by atoms with Crippen LogP contribution in [0.25, 0.3) is 0 Å². The van der Waals surface area contributed by atoms with Crippen LogP contribution in [0.2, 0.25) is 0 Å². The van der Waals surface area contributed by atoms with E-state index >= 15 is 0 Å². The van der Waals surface area contributed by atoms with Crippen LogP contribution < -0.4 is 0 Å². The Hall–Kier alpha value is -1.12. The van der Waals surface area contributed by atoms with E-state index in [1.54, 1.807) is 0 Å². The fraction of sp³-hybridized carbons (Fsp3) is 0.600. The molecule has 0 radical (unpaired) electrons. The highest BCUT2D eigenvalue weighted by Crippen LogP contribution is 2.18. The number of hydrogen-bond donors (Lipinski definition) is 2. The summed E-state index contributed by atoms with van der Waals surface area (Å²) in [5.74, 6) is 0.0249. The van der Waals surface area contributed by atoms with E-state index < -0.39 is 6.10 Å². The van der Waals surface area contributed by atoms with E-state index in [0.29, 0.717) is 0 Å². The van der Waals surface area contributed by atoms with Crippen LogP contribution >= 0.6 is 0 Å². The van der Waals surface area contributed by atoms with Crippen LogP contribution in [-0.4, -0.2) is 22.9 Å². The molecule has 0 aliphatic heterocycles. The molecule has 0 bridgehead atoms. The molecule has 0 amide bonds. The highest BCUT2D eigenvalue weighted by atomic mass is 16.3. The lowest BCUT2D eigenvalue weighted by atomic mass is 9.92. The summed E-state index contributed by atoms with van der Waals surface area (Å²) in [4.78, 5) is 0. The molecular weight excluding hydrogens is 272 g/mol. The van der Waals surface area contributed by atoms with Gasteiger partial charge in [0.1, 0.15) is 0 Å². The van der Waals surface area contributed by atoms with Gasteiger partial charge in [-0.05, 0) is 37.7 Å². The fourth-order valence-corrected chi connectivity index (χ4v) is 2.83. The van der Waals surface area contributed by atoms with Gasteiger partial charge in [0.05, 0.1) is 6.10 Å². The second-order valence-electron chi connectivity index (χ2n) is 6.17. The van der Waals surface area contributed by atoms with Crippen molar-refractivity contribution in [2.75, 3.05) is 6.61 Å². The molecule has 1 rings (SSSR count). The van der Waals surface area contributed by atoms with Crippen molar-refractivity contribution < 1.29 is 10.2 Å². The van der Waals surface area contributed by atoms with Gasteiger partial charge in [0, 0.05) is 12.5 Å². The van der Waals surface area contributed by atoms with E-state index in [1.165, 1.54) is 31.2 Å². The Balaban J connectivity index is 2.15. The Morgan fingerprint density at radius 1 is 0.955 bits per heavy atom. The van der Waals surface area contributed by atoms with Gasteiger partial charge in [0.25, 0.3) is 0 Å². The molecule has 0 heterocycles. The summed E-state index contributed by atoms with van der Waals surface area (Å²) < 4.78 is 0. The van der Waals surface area contributed by atoms with Gasteiger partial charge in [-0.15, -0.1) is 6.58 Å². The summed E-state index contributed by atoms with van der Waals surface area (Å²) in [6, 6.07) is 10.2. The zero-order valence-electron chi connectivity index (χ0n) is 13.8. The molecule has 0 aliphatic carbocycles. The van der Waals surface area contributed by atoms with Crippen molar-refractivity contribution in [3.05, 3.63) is 48.6 Å². The maximum absolute atomic E-state index is 10.3. The first kappa shape index (κ1) is 18.9. The number of hydrogen-bond acceptors (Lipinski definition) is 2. The van der Waals surface area contributed by atoms with Crippen molar-refractivity contribution in [2.24, 2.45) is 5.92 Å². The van der Waals surface area contributed by atoms with Crippen LogP contribution in [0.3, 0.4) is 0 Å². The average molecular weight is 304 g/mol. The zero-order chi connectivity index (χ0) is 16.0. The lowest BCUT2D eigenvalue weighted by molar-refractivity contribution is 0.0550. The van der Waals surface area contributed by atoms with Crippen molar-refractivity contribution >= 4 is 0 Å². The lowest BCUT2D eigenvalue weighted by Crippen LogP contribution is -2.24. The quantitative estimate of drug-likeness (QED) is 0.416. The molecule has 2 heteroatoms. The molecule has 22 heavy (non-hydrogen) atoms. The highest BCUT2D eigenvalue weighted by Gasteiger charge is 2.17.